The highest BCUT2D eigenvalue weighted by atomic mass is 16.5. The zero-order valence-corrected chi connectivity index (χ0v) is 16.4. The minimum atomic E-state index is -0.797. The highest BCUT2D eigenvalue weighted by Gasteiger charge is 2.14. The molecule has 2 aromatic rings. The lowest BCUT2D eigenvalue weighted by atomic mass is 10.1. The summed E-state index contributed by atoms with van der Waals surface area (Å²) in [5.41, 5.74) is 2.68. The summed E-state index contributed by atoms with van der Waals surface area (Å²) in [4.78, 5) is 47.5. The molecule has 2 N–H and O–H groups in total. The van der Waals surface area contributed by atoms with Crippen molar-refractivity contribution in [1.82, 2.24) is 10.6 Å². The van der Waals surface area contributed by atoms with Crippen LogP contribution in [0.25, 0.3) is 0 Å². The molecule has 3 amide bonds. The number of imide groups is 1. The number of amides is 3. The van der Waals surface area contributed by atoms with Crippen LogP contribution in [0.5, 0.6) is 5.75 Å². The summed E-state index contributed by atoms with van der Waals surface area (Å²) < 4.78 is 9.76. The van der Waals surface area contributed by atoms with Crippen LogP contribution in [0.1, 0.15) is 31.8 Å². The third-order valence-electron chi connectivity index (χ3n) is 4.13. The Morgan fingerprint density at radius 1 is 0.862 bits per heavy atom. The van der Waals surface area contributed by atoms with Gasteiger partial charge in [0.2, 0.25) is 0 Å². The Morgan fingerprint density at radius 2 is 1.52 bits per heavy atom. The zero-order chi connectivity index (χ0) is 21.4. The van der Waals surface area contributed by atoms with Gasteiger partial charge in [-0.3, -0.25) is 24.5 Å². The number of esters is 1. The van der Waals surface area contributed by atoms with E-state index >= 15 is 0 Å². The van der Waals surface area contributed by atoms with Crippen LogP contribution < -0.4 is 15.4 Å². The van der Waals surface area contributed by atoms with E-state index in [4.69, 9.17) is 9.47 Å². The summed E-state index contributed by atoms with van der Waals surface area (Å²) in [6.07, 6.45) is 0. The number of rotatable bonds is 7. The van der Waals surface area contributed by atoms with Crippen LogP contribution in [0, 0.1) is 13.8 Å². The predicted molar refractivity (Wildman–Crippen MR) is 105 cm³/mol. The number of methoxy groups -OCH3 is 1. The van der Waals surface area contributed by atoms with E-state index in [1.807, 2.05) is 19.9 Å². The fourth-order valence-electron chi connectivity index (χ4n) is 2.31. The minimum absolute atomic E-state index is 0.256. The number of ether oxygens (including phenoxy) is 2. The molecule has 0 heterocycles. The van der Waals surface area contributed by atoms with Crippen molar-refractivity contribution in [2.75, 3.05) is 20.3 Å². The second-order valence-electron chi connectivity index (χ2n) is 6.25. The molecule has 29 heavy (non-hydrogen) atoms. The zero-order valence-electron chi connectivity index (χ0n) is 16.4. The van der Waals surface area contributed by atoms with Crippen LogP contribution in [0.3, 0.4) is 0 Å². The first-order valence-corrected chi connectivity index (χ1v) is 8.79. The number of carbonyl (C=O) groups excluding carboxylic acids is 4. The van der Waals surface area contributed by atoms with E-state index in [-0.39, 0.29) is 5.56 Å². The Balaban J connectivity index is 1.74. The molecule has 8 nitrogen and oxygen atoms in total. The fourth-order valence-corrected chi connectivity index (χ4v) is 2.31. The maximum absolute atomic E-state index is 12.0. The molecule has 0 aromatic heterocycles. The van der Waals surface area contributed by atoms with E-state index in [9.17, 15) is 19.2 Å². The Morgan fingerprint density at radius 3 is 2.14 bits per heavy atom. The van der Waals surface area contributed by atoms with Gasteiger partial charge in [0.25, 0.3) is 17.7 Å². The van der Waals surface area contributed by atoms with Gasteiger partial charge in [-0.15, -0.1) is 0 Å². The lowest BCUT2D eigenvalue weighted by Gasteiger charge is -2.08. The summed E-state index contributed by atoms with van der Waals surface area (Å²) in [5.74, 6) is -2.06. The molecule has 152 valence electrons. The van der Waals surface area contributed by atoms with Crippen molar-refractivity contribution in [3.8, 4) is 5.75 Å². The van der Waals surface area contributed by atoms with E-state index in [0.717, 1.165) is 11.1 Å². The quantitative estimate of drug-likeness (QED) is 0.685. The molecule has 0 aliphatic carbocycles. The molecule has 0 atom stereocenters. The van der Waals surface area contributed by atoms with Crippen LogP contribution in [0.2, 0.25) is 0 Å². The van der Waals surface area contributed by atoms with E-state index < -0.39 is 36.8 Å². The van der Waals surface area contributed by atoms with E-state index in [1.165, 1.54) is 19.2 Å². The first-order valence-electron chi connectivity index (χ1n) is 8.79. The van der Waals surface area contributed by atoms with Gasteiger partial charge in [-0.1, -0.05) is 6.07 Å². The number of hydrogen-bond donors (Lipinski definition) is 2. The second-order valence-corrected chi connectivity index (χ2v) is 6.25. The number of nitrogens with one attached hydrogen (secondary N) is 2. The molecule has 0 aliphatic heterocycles. The summed E-state index contributed by atoms with van der Waals surface area (Å²) in [5, 5.41) is 4.53. The first-order chi connectivity index (χ1) is 13.8. The van der Waals surface area contributed by atoms with Crippen LogP contribution in [-0.4, -0.2) is 44.0 Å². The Bertz CT molecular complexity index is 921. The van der Waals surface area contributed by atoms with Gasteiger partial charge >= 0.3 is 5.97 Å². The van der Waals surface area contributed by atoms with Gasteiger partial charge < -0.3 is 14.8 Å². The van der Waals surface area contributed by atoms with Gasteiger partial charge in [-0.05, 0) is 61.4 Å². The average Bonchev–Trinajstić information content (AvgIpc) is 2.72. The molecule has 0 bridgehead atoms. The normalized spacial score (nSPS) is 10.0. The molecule has 0 fully saturated rings. The Hall–Kier alpha value is -3.68. The Labute approximate surface area is 168 Å². The maximum Gasteiger partial charge on any atom is 0.325 e. The summed E-state index contributed by atoms with van der Waals surface area (Å²) in [7, 11) is 1.50. The highest BCUT2D eigenvalue weighted by molar-refractivity contribution is 6.05. The largest absolute Gasteiger partial charge is 0.497 e. The minimum Gasteiger partial charge on any atom is -0.497 e. The molecule has 0 radical (unpaired) electrons. The van der Waals surface area contributed by atoms with Crippen molar-refractivity contribution < 1.29 is 28.7 Å². The molecule has 0 saturated heterocycles. The third-order valence-corrected chi connectivity index (χ3v) is 4.13. The van der Waals surface area contributed by atoms with E-state index in [0.29, 0.717) is 11.3 Å². The van der Waals surface area contributed by atoms with Crippen molar-refractivity contribution >= 4 is 23.7 Å². The standard InChI is InChI=1S/C21H22N2O6/c1-13-4-5-16(10-14(13)2)20(26)22-11-19(25)29-12-18(24)23-21(27)15-6-8-17(28-3)9-7-15/h4-10H,11-12H2,1-3H3,(H,22,26)(H,23,24,27). The van der Waals surface area contributed by atoms with Crippen molar-refractivity contribution in [3.63, 3.8) is 0 Å². The average molecular weight is 398 g/mol. The molecule has 0 spiro atoms. The van der Waals surface area contributed by atoms with Crippen LogP contribution >= 0.6 is 0 Å². The third kappa shape index (κ3) is 6.46. The molecule has 2 rings (SSSR count). The molecule has 8 heteroatoms. The van der Waals surface area contributed by atoms with Crippen molar-refractivity contribution in [2.45, 2.75) is 13.8 Å². The number of aryl methyl sites for hydroxylation is 2. The lowest BCUT2D eigenvalue weighted by molar-refractivity contribution is -0.147. The van der Waals surface area contributed by atoms with Crippen molar-refractivity contribution in [1.29, 1.82) is 0 Å². The second kappa shape index (κ2) is 10.0. The maximum atomic E-state index is 12.0. The molecule has 0 saturated carbocycles. The summed E-state index contributed by atoms with van der Waals surface area (Å²) in [6, 6.07) is 11.3. The molecule has 2 aromatic carbocycles. The molecule has 0 unspecified atom stereocenters. The number of hydrogen-bond acceptors (Lipinski definition) is 6. The Kier molecular flexibility index (Phi) is 7.47. The number of carbonyl (C=O) groups is 4. The number of benzene rings is 2. The van der Waals surface area contributed by atoms with E-state index in [2.05, 4.69) is 10.6 Å². The SMILES string of the molecule is COc1ccc(C(=O)NC(=O)COC(=O)CNC(=O)c2ccc(C)c(C)c2)cc1. The van der Waals surface area contributed by atoms with E-state index in [1.54, 1.807) is 24.3 Å². The molecule has 0 aliphatic rings. The fraction of sp³-hybridized carbons (Fsp3) is 0.238. The van der Waals surface area contributed by atoms with Crippen LogP contribution in [-0.2, 0) is 14.3 Å². The van der Waals surface area contributed by atoms with Crippen molar-refractivity contribution in [2.24, 2.45) is 0 Å². The van der Waals surface area contributed by atoms with Gasteiger partial charge in [0, 0.05) is 11.1 Å². The van der Waals surface area contributed by atoms with Crippen LogP contribution in [0.4, 0.5) is 0 Å². The monoisotopic (exact) mass is 398 g/mol. The smallest absolute Gasteiger partial charge is 0.325 e. The molecular weight excluding hydrogens is 376 g/mol. The summed E-state index contributed by atoms with van der Waals surface area (Å²) >= 11 is 0. The van der Waals surface area contributed by atoms with Crippen LogP contribution in [0.15, 0.2) is 42.5 Å². The predicted octanol–water partition coefficient (Wildman–Crippen LogP) is 1.54. The highest BCUT2D eigenvalue weighted by Crippen LogP contribution is 2.11. The molecular formula is C21H22N2O6. The topological polar surface area (TPSA) is 111 Å². The lowest BCUT2D eigenvalue weighted by Crippen LogP contribution is -2.36. The van der Waals surface area contributed by atoms with Gasteiger partial charge in [-0.2, -0.15) is 0 Å². The first kappa shape index (κ1) is 21.6. The van der Waals surface area contributed by atoms with Gasteiger partial charge in [0.05, 0.1) is 7.11 Å². The summed E-state index contributed by atoms with van der Waals surface area (Å²) in [6.45, 7) is 2.77. The van der Waals surface area contributed by atoms with Crippen molar-refractivity contribution in [3.05, 3.63) is 64.7 Å². The van der Waals surface area contributed by atoms with Gasteiger partial charge in [0.1, 0.15) is 12.3 Å². The van der Waals surface area contributed by atoms with Gasteiger partial charge in [0.15, 0.2) is 6.61 Å². The van der Waals surface area contributed by atoms with Gasteiger partial charge in [-0.25, -0.2) is 0 Å².